The second kappa shape index (κ2) is 8.03. The molecule has 0 saturated carbocycles. The Bertz CT molecular complexity index is 258. The molecular weight excluding hydrogens is 224 g/mol. The van der Waals surface area contributed by atoms with E-state index in [4.69, 9.17) is 9.84 Å². The zero-order chi connectivity index (χ0) is 13.4. The van der Waals surface area contributed by atoms with Crippen LogP contribution in [0.25, 0.3) is 0 Å². The number of ether oxygens (including phenoxy) is 1. The lowest BCUT2D eigenvalue weighted by atomic mass is 10.1. The van der Waals surface area contributed by atoms with Gasteiger partial charge in [-0.25, -0.2) is 0 Å². The molecule has 17 heavy (non-hydrogen) atoms. The van der Waals surface area contributed by atoms with Crippen molar-refractivity contribution >= 4 is 11.9 Å². The minimum atomic E-state index is -0.858. The lowest BCUT2D eigenvalue weighted by Crippen LogP contribution is -2.46. The number of carbonyl (C=O) groups excluding carboxylic acids is 1. The van der Waals surface area contributed by atoms with E-state index in [-0.39, 0.29) is 11.9 Å². The SMILES string of the molecule is COCCNC(=O)C(C)N(C)CC(C)C(=O)O. The molecule has 6 heteroatoms. The third-order valence-corrected chi connectivity index (χ3v) is 2.63. The van der Waals surface area contributed by atoms with E-state index < -0.39 is 11.9 Å². The number of amides is 1. The van der Waals surface area contributed by atoms with Crippen LogP contribution >= 0.6 is 0 Å². The van der Waals surface area contributed by atoms with Crippen molar-refractivity contribution in [3.05, 3.63) is 0 Å². The Kier molecular flexibility index (Phi) is 7.49. The molecule has 2 atom stereocenters. The molecule has 0 spiro atoms. The molecule has 0 radical (unpaired) electrons. The monoisotopic (exact) mass is 246 g/mol. The van der Waals surface area contributed by atoms with Crippen LogP contribution in [0.2, 0.25) is 0 Å². The van der Waals surface area contributed by atoms with Crippen molar-refractivity contribution in [1.82, 2.24) is 10.2 Å². The third-order valence-electron chi connectivity index (χ3n) is 2.63. The molecular formula is C11H22N2O4. The first-order valence-electron chi connectivity index (χ1n) is 5.59. The van der Waals surface area contributed by atoms with Crippen molar-refractivity contribution in [1.29, 1.82) is 0 Å². The van der Waals surface area contributed by atoms with Gasteiger partial charge in [0.2, 0.25) is 5.91 Å². The highest BCUT2D eigenvalue weighted by atomic mass is 16.5. The lowest BCUT2D eigenvalue weighted by molar-refractivity contribution is -0.142. The topological polar surface area (TPSA) is 78.9 Å². The van der Waals surface area contributed by atoms with E-state index >= 15 is 0 Å². The van der Waals surface area contributed by atoms with Crippen molar-refractivity contribution in [2.45, 2.75) is 19.9 Å². The van der Waals surface area contributed by atoms with Crippen molar-refractivity contribution in [3.8, 4) is 0 Å². The molecule has 0 saturated heterocycles. The van der Waals surface area contributed by atoms with Gasteiger partial charge >= 0.3 is 5.97 Å². The number of hydrogen-bond donors (Lipinski definition) is 2. The van der Waals surface area contributed by atoms with E-state index in [2.05, 4.69) is 5.32 Å². The number of nitrogens with one attached hydrogen (secondary N) is 1. The predicted molar refractivity (Wildman–Crippen MR) is 63.8 cm³/mol. The molecule has 100 valence electrons. The molecule has 0 aliphatic carbocycles. The van der Waals surface area contributed by atoms with Crippen molar-refractivity contribution in [2.75, 3.05) is 33.9 Å². The second-order valence-corrected chi connectivity index (χ2v) is 4.14. The maximum absolute atomic E-state index is 11.7. The zero-order valence-corrected chi connectivity index (χ0v) is 10.9. The molecule has 0 bridgehead atoms. The van der Waals surface area contributed by atoms with Gasteiger partial charge in [0.05, 0.1) is 18.6 Å². The molecule has 0 heterocycles. The Hall–Kier alpha value is -1.14. The zero-order valence-electron chi connectivity index (χ0n) is 10.9. The highest BCUT2D eigenvalue weighted by molar-refractivity contribution is 5.81. The van der Waals surface area contributed by atoms with Gasteiger partial charge in [0.25, 0.3) is 0 Å². The third kappa shape index (κ3) is 6.23. The molecule has 0 aromatic heterocycles. The van der Waals surface area contributed by atoms with Crippen LogP contribution < -0.4 is 5.32 Å². The van der Waals surface area contributed by atoms with E-state index in [0.717, 1.165) is 0 Å². The van der Waals surface area contributed by atoms with Crippen LogP contribution in [0.1, 0.15) is 13.8 Å². The number of carboxylic acids is 1. The van der Waals surface area contributed by atoms with Crippen molar-refractivity contribution < 1.29 is 19.4 Å². The molecule has 0 aromatic carbocycles. The fourth-order valence-corrected chi connectivity index (χ4v) is 1.29. The summed E-state index contributed by atoms with van der Waals surface area (Å²) in [4.78, 5) is 24.1. The van der Waals surface area contributed by atoms with Gasteiger partial charge in [0.1, 0.15) is 0 Å². The van der Waals surface area contributed by atoms with Crippen LogP contribution in [0.5, 0.6) is 0 Å². The van der Waals surface area contributed by atoms with E-state index in [9.17, 15) is 9.59 Å². The second-order valence-electron chi connectivity index (χ2n) is 4.14. The molecule has 1 amide bonds. The molecule has 2 unspecified atom stereocenters. The average molecular weight is 246 g/mol. The van der Waals surface area contributed by atoms with Crippen LogP contribution in [-0.4, -0.2) is 61.8 Å². The fraction of sp³-hybridized carbons (Fsp3) is 0.818. The highest BCUT2D eigenvalue weighted by Crippen LogP contribution is 2.02. The highest BCUT2D eigenvalue weighted by Gasteiger charge is 2.21. The van der Waals surface area contributed by atoms with Gasteiger partial charge in [-0.15, -0.1) is 0 Å². The summed E-state index contributed by atoms with van der Waals surface area (Å²) in [6, 6.07) is -0.353. The Morgan fingerprint density at radius 1 is 1.41 bits per heavy atom. The summed E-state index contributed by atoms with van der Waals surface area (Å²) in [5.74, 6) is -1.47. The standard InChI is InChI=1S/C11H22N2O4/c1-8(11(15)16)7-13(3)9(2)10(14)12-5-6-17-4/h8-9H,5-7H2,1-4H3,(H,12,14)(H,15,16). The normalized spacial score (nSPS) is 14.4. The van der Waals surface area contributed by atoms with Crippen molar-refractivity contribution in [3.63, 3.8) is 0 Å². The van der Waals surface area contributed by atoms with Crippen LogP contribution in [-0.2, 0) is 14.3 Å². The number of carbonyl (C=O) groups is 2. The van der Waals surface area contributed by atoms with E-state index in [1.807, 2.05) is 0 Å². The number of methoxy groups -OCH3 is 1. The van der Waals surface area contributed by atoms with E-state index in [1.54, 1.807) is 32.9 Å². The first-order chi connectivity index (χ1) is 7.90. The van der Waals surface area contributed by atoms with Crippen molar-refractivity contribution in [2.24, 2.45) is 5.92 Å². The molecule has 0 rings (SSSR count). The predicted octanol–water partition coefficient (Wildman–Crippen LogP) is -0.210. The van der Waals surface area contributed by atoms with Gasteiger partial charge in [0, 0.05) is 20.2 Å². The van der Waals surface area contributed by atoms with Gasteiger partial charge in [-0.05, 0) is 14.0 Å². The van der Waals surface area contributed by atoms with E-state index in [0.29, 0.717) is 19.7 Å². The summed E-state index contributed by atoms with van der Waals surface area (Å²) in [7, 11) is 3.30. The minimum absolute atomic E-state index is 0.123. The summed E-state index contributed by atoms with van der Waals surface area (Å²) in [5.41, 5.74) is 0. The van der Waals surface area contributed by atoms with Gasteiger partial charge in [-0.3, -0.25) is 14.5 Å². The smallest absolute Gasteiger partial charge is 0.307 e. The number of rotatable bonds is 8. The van der Waals surface area contributed by atoms with E-state index in [1.165, 1.54) is 0 Å². The summed E-state index contributed by atoms with van der Waals surface area (Å²) in [6.07, 6.45) is 0. The summed E-state index contributed by atoms with van der Waals surface area (Å²) < 4.78 is 4.82. The number of aliphatic carboxylic acids is 1. The first-order valence-corrected chi connectivity index (χ1v) is 5.59. The van der Waals surface area contributed by atoms with Crippen LogP contribution in [0.3, 0.4) is 0 Å². The van der Waals surface area contributed by atoms with Crippen LogP contribution in [0.15, 0.2) is 0 Å². The van der Waals surface area contributed by atoms with Crippen LogP contribution in [0, 0.1) is 5.92 Å². The Morgan fingerprint density at radius 2 is 2.00 bits per heavy atom. The fourth-order valence-electron chi connectivity index (χ4n) is 1.29. The molecule has 0 aromatic rings. The van der Waals surface area contributed by atoms with Crippen LogP contribution in [0.4, 0.5) is 0 Å². The van der Waals surface area contributed by atoms with Gasteiger partial charge in [-0.2, -0.15) is 0 Å². The summed E-state index contributed by atoms with van der Waals surface area (Å²) in [6.45, 7) is 4.63. The molecule has 2 N–H and O–H groups in total. The average Bonchev–Trinajstić information content (AvgIpc) is 2.27. The largest absolute Gasteiger partial charge is 0.481 e. The number of likely N-dealkylation sites (N-methyl/N-ethyl adjacent to an activating group) is 1. The maximum Gasteiger partial charge on any atom is 0.307 e. The van der Waals surface area contributed by atoms with Gasteiger partial charge < -0.3 is 15.2 Å². The summed E-state index contributed by atoms with van der Waals surface area (Å²) >= 11 is 0. The molecule has 0 fully saturated rings. The Morgan fingerprint density at radius 3 is 2.47 bits per heavy atom. The van der Waals surface area contributed by atoms with Gasteiger partial charge in [0.15, 0.2) is 0 Å². The molecule has 6 nitrogen and oxygen atoms in total. The lowest BCUT2D eigenvalue weighted by Gasteiger charge is -2.25. The minimum Gasteiger partial charge on any atom is -0.481 e. The number of nitrogens with zero attached hydrogens (tertiary/aromatic N) is 1. The number of hydrogen-bond acceptors (Lipinski definition) is 4. The summed E-state index contributed by atoms with van der Waals surface area (Å²) in [5, 5.41) is 11.5. The quantitative estimate of drug-likeness (QED) is 0.579. The number of carboxylic acid groups (broad SMARTS) is 1. The Labute approximate surface area is 102 Å². The first kappa shape index (κ1) is 15.9. The molecule has 0 aliphatic rings. The van der Waals surface area contributed by atoms with Gasteiger partial charge in [-0.1, -0.05) is 6.92 Å². The Balaban J connectivity index is 4.06. The maximum atomic E-state index is 11.7. The molecule has 0 aliphatic heterocycles.